The van der Waals surface area contributed by atoms with Gasteiger partial charge in [-0.05, 0) is 18.3 Å². The van der Waals surface area contributed by atoms with Crippen LogP contribution in [0.1, 0.15) is 43.1 Å². The van der Waals surface area contributed by atoms with Crippen LogP contribution in [0.3, 0.4) is 0 Å². The molecule has 0 heterocycles. The Kier molecular flexibility index (Phi) is 4.87. The Bertz CT molecular complexity index is 500. The Morgan fingerprint density at radius 2 is 1.85 bits per heavy atom. The lowest BCUT2D eigenvalue weighted by Crippen LogP contribution is -2.10. The van der Waals surface area contributed by atoms with E-state index in [0.29, 0.717) is 12.0 Å². The van der Waals surface area contributed by atoms with E-state index in [-0.39, 0.29) is 28.2 Å². The van der Waals surface area contributed by atoms with Crippen molar-refractivity contribution in [3.05, 3.63) is 17.2 Å². The van der Waals surface area contributed by atoms with Crippen LogP contribution in [0.15, 0.2) is 6.07 Å². The van der Waals surface area contributed by atoms with E-state index in [1.165, 1.54) is 20.3 Å². The zero-order valence-corrected chi connectivity index (χ0v) is 12.6. The quantitative estimate of drug-likeness (QED) is 0.868. The number of phenolic OH excluding ortho intramolecular Hbond substituents is 1. The van der Waals surface area contributed by atoms with Crippen LogP contribution in [0.4, 0.5) is 0 Å². The average Bonchev–Trinajstić information content (AvgIpc) is 2.34. The summed E-state index contributed by atoms with van der Waals surface area (Å²) in [6.07, 6.45) is 1.32. The maximum atomic E-state index is 11.4. The van der Waals surface area contributed by atoms with E-state index in [2.05, 4.69) is 20.8 Å². The second-order valence-electron chi connectivity index (χ2n) is 5.85. The van der Waals surface area contributed by atoms with Crippen LogP contribution in [0.2, 0.25) is 0 Å². The number of aromatic carboxylic acids is 1. The van der Waals surface area contributed by atoms with Crippen LogP contribution in [-0.2, 0) is 6.42 Å². The maximum absolute atomic E-state index is 11.4. The van der Waals surface area contributed by atoms with Gasteiger partial charge in [-0.2, -0.15) is 0 Å². The number of carboxylic acid groups (broad SMARTS) is 1. The molecular weight excluding hydrogens is 260 g/mol. The SMILES string of the molecule is COc1cc(O)c(CCC(C)(C)C)c(OC)c1C(=O)O. The zero-order chi connectivity index (χ0) is 15.5. The molecule has 0 aliphatic rings. The number of rotatable bonds is 5. The first kappa shape index (κ1) is 16.1. The molecule has 5 heteroatoms. The minimum Gasteiger partial charge on any atom is -0.507 e. The number of benzene rings is 1. The van der Waals surface area contributed by atoms with Crippen LogP contribution >= 0.6 is 0 Å². The molecule has 2 N–H and O–H groups in total. The summed E-state index contributed by atoms with van der Waals surface area (Å²) in [4.78, 5) is 11.4. The fraction of sp³-hybridized carbons (Fsp3) is 0.533. The molecule has 0 fully saturated rings. The first-order valence-electron chi connectivity index (χ1n) is 6.41. The van der Waals surface area contributed by atoms with E-state index < -0.39 is 5.97 Å². The van der Waals surface area contributed by atoms with Gasteiger partial charge < -0.3 is 19.7 Å². The number of carbonyl (C=O) groups is 1. The van der Waals surface area contributed by atoms with Crippen molar-refractivity contribution < 1.29 is 24.5 Å². The molecule has 0 aliphatic carbocycles. The third-order valence-corrected chi connectivity index (χ3v) is 3.09. The Labute approximate surface area is 119 Å². The number of phenols is 1. The van der Waals surface area contributed by atoms with E-state index >= 15 is 0 Å². The molecule has 0 aliphatic heterocycles. The predicted octanol–water partition coefficient (Wildman–Crippen LogP) is 3.09. The summed E-state index contributed by atoms with van der Waals surface area (Å²) < 4.78 is 10.2. The van der Waals surface area contributed by atoms with Crippen molar-refractivity contribution in [3.8, 4) is 17.2 Å². The third-order valence-electron chi connectivity index (χ3n) is 3.09. The van der Waals surface area contributed by atoms with Crippen LogP contribution in [0.25, 0.3) is 0 Å². The molecular formula is C15H22O5. The number of hydrogen-bond acceptors (Lipinski definition) is 4. The van der Waals surface area contributed by atoms with Gasteiger partial charge in [0, 0.05) is 11.6 Å². The molecule has 20 heavy (non-hydrogen) atoms. The highest BCUT2D eigenvalue weighted by atomic mass is 16.5. The molecule has 0 atom stereocenters. The van der Waals surface area contributed by atoms with Crippen LogP contribution < -0.4 is 9.47 Å². The minimum atomic E-state index is -1.14. The number of aromatic hydroxyl groups is 1. The largest absolute Gasteiger partial charge is 0.507 e. The highest BCUT2D eigenvalue weighted by molar-refractivity contribution is 5.95. The van der Waals surface area contributed by atoms with Crippen molar-refractivity contribution in [2.24, 2.45) is 5.41 Å². The Morgan fingerprint density at radius 1 is 1.25 bits per heavy atom. The molecule has 1 rings (SSSR count). The van der Waals surface area contributed by atoms with Gasteiger partial charge in [0.1, 0.15) is 22.8 Å². The molecule has 0 radical (unpaired) electrons. The standard InChI is InChI=1S/C15H22O5/c1-15(2,3)7-6-9-10(16)8-11(19-4)12(14(17)18)13(9)20-5/h8,16H,6-7H2,1-5H3,(H,17,18). The molecule has 0 saturated carbocycles. The van der Waals surface area contributed by atoms with Gasteiger partial charge in [0.15, 0.2) is 0 Å². The van der Waals surface area contributed by atoms with Crippen molar-refractivity contribution in [1.82, 2.24) is 0 Å². The first-order chi connectivity index (χ1) is 9.21. The lowest BCUT2D eigenvalue weighted by Gasteiger charge is -2.21. The van der Waals surface area contributed by atoms with Gasteiger partial charge >= 0.3 is 5.97 Å². The van der Waals surface area contributed by atoms with Crippen molar-refractivity contribution in [2.45, 2.75) is 33.6 Å². The summed E-state index contributed by atoms with van der Waals surface area (Å²) in [6.45, 7) is 6.24. The highest BCUT2D eigenvalue weighted by Gasteiger charge is 2.25. The Hall–Kier alpha value is -1.91. The number of methoxy groups -OCH3 is 2. The van der Waals surface area contributed by atoms with E-state index in [1.54, 1.807) is 0 Å². The summed E-state index contributed by atoms with van der Waals surface area (Å²) in [5, 5.41) is 19.4. The second kappa shape index (κ2) is 6.03. The lowest BCUT2D eigenvalue weighted by molar-refractivity contribution is 0.0689. The van der Waals surface area contributed by atoms with Gasteiger partial charge in [-0.3, -0.25) is 0 Å². The van der Waals surface area contributed by atoms with Crippen LogP contribution in [0.5, 0.6) is 17.2 Å². The molecule has 0 unspecified atom stereocenters. The van der Waals surface area contributed by atoms with Crippen LogP contribution in [0, 0.1) is 5.41 Å². The van der Waals surface area contributed by atoms with E-state index in [1.807, 2.05) is 0 Å². The molecule has 0 amide bonds. The first-order valence-corrected chi connectivity index (χ1v) is 6.41. The Morgan fingerprint density at radius 3 is 2.25 bits per heavy atom. The van der Waals surface area contributed by atoms with Crippen molar-refractivity contribution in [1.29, 1.82) is 0 Å². The molecule has 0 spiro atoms. The summed E-state index contributed by atoms with van der Waals surface area (Å²) >= 11 is 0. The fourth-order valence-corrected chi connectivity index (χ4v) is 1.99. The van der Waals surface area contributed by atoms with Gasteiger partial charge in [-0.25, -0.2) is 4.79 Å². The molecule has 112 valence electrons. The number of ether oxygens (including phenoxy) is 2. The summed E-state index contributed by atoms with van der Waals surface area (Å²) in [7, 11) is 2.75. The summed E-state index contributed by atoms with van der Waals surface area (Å²) in [6, 6.07) is 1.32. The van der Waals surface area contributed by atoms with Gasteiger partial charge in [0.2, 0.25) is 0 Å². The molecule has 0 bridgehead atoms. The molecule has 1 aromatic carbocycles. The second-order valence-corrected chi connectivity index (χ2v) is 5.85. The topological polar surface area (TPSA) is 76.0 Å². The summed E-state index contributed by atoms with van der Waals surface area (Å²) in [5.41, 5.74) is 0.512. The van der Waals surface area contributed by atoms with E-state index in [9.17, 15) is 15.0 Å². The monoisotopic (exact) mass is 282 g/mol. The van der Waals surface area contributed by atoms with E-state index in [0.717, 1.165) is 6.42 Å². The van der Waals surface area contributed by atoms with Gasteiger partial charge in [0.25, 0.3) is 0 Å². The van der Waals surface area contributed by atoms with Crippen molar-refractivity contribution in [3.63, 3.8) is 0 Å². The lowest BCUT2D eigenvalue weighted by atomic mass is 9.87. The predicted molar refractivity (Wildman–Crippen MR) is 75.9 cm³/mol. The molecule has 0 saturated heterocycles. The van der Waals surface area contributed by atoms with Gasteiger partial charge in [-0.1, -0.05) is 20.8 Å². The minimum absolute atomic E-state index is 0.00653. The van der Waals surface area contributed by atoms with Crippen molar-refractivity contribution in [2.75, 3.05) is 14.2 Å². The normalized spacial score (nSPS) is 11.2. The summed E-state index contributed by atoms with van der Waals surface area (Å²) in [5.74, 6) is -0.895. The van der Waals surface area contributed by atoms with Gasteiger partial charge in [0.05, 0.1) is 14.2 Å². The Balaban J connectivity index is 3.36. The van der Waals surface area contributed by atoms with Crippen LogP contribution in [-0.4, -0.2) is 30.4 Å². The van der Waals surface area contributed by atoms with Crippen molar-refractivity contribution >= 4 is 5.97 Å². The average molecular weight is 282 g/mol. The fourth-order valence-electron chi connectivity index (χ4n) is 1.99. The molecule has 5 nitrogen and oxygen atoms in total. The number of carboxylic acids is 1. The zero-order valence-electron chi connectivity index (χ0n) is 12.6. The maximum Gasteiger partial charge on any atom is 0.343 e. The smallest absolute Gasteiger partial charge is 0.343 e. The highest BCUT2D eigenvalue weighted by Crippen LogP contribution is 2.40. The van der Waals surface area contributed by atoms with Gasteiger partial charge in [-0.15, -0.1) is 0 Å². The molecule has 0 aromatic heterocycles. The number of hydrogen-bond donors (Lipinski definition) is 2. The third kappa shape index (κ3) is 3.56. The molecule has 1 aromatic rings. The van der Waals surface area contributed by atoms with E-state index in [4.69, 9.17) is 9.47 Å².